The quantitative estimate of drug-likeness (QED) is 0.360. The Bertz CT molecular complexity index is 438. The Morgan fingerprint density at radius 1 is 1.45 bits per heavy atom. The van der Waals surface area contributed by atoms with E-state index in [4.69, 9.17) is 9.84 Å². The van der Waals surface area contributed by atoms with Crippen LogP contribution in [0.1, 0.15) is 13.8 Å². The fourth-order valence-electron chi connectivity index (χ4n) is 1.65. The molecular weight excluding hydrogens is 262 g/mol. The van der Waals surface area contributed by atoms with E-state index in [2.05, 4.69) is 10.6 Å². The maximum absolute atomic E-state index is 10.8. The number of rotatable bonds is 9. The van der Waals surface area contributed by atoms with Crippen LogP contribution in [0.5, 0.6) is 5.75 Å². The largest absolute Gasteiger partial charge is 0.487 e. The number of benzene rings is 1. The lowest BCUT2D eigenvalue weighted by Crippen LogP contribution is -2.28. The number of hydrogen-bond acceptors (Lipinski definition) is 6. The van der Waals surface area contributed by atoms with Gasteiger partial charge in [0.1, 0.15) is 0 Å². The van der Waals surface area contributed by atoms with Crippen LogP contribution in [0, 0.1) is 10.1 Å². The van der Waals surface area contributed by atoms with E-state index >= 15 is 0 Å². The first kappa shape index (κ1) is 16.2. The van der Waals surface area contributed by atoms with Crippen LogP contribution in [0.15, 0.2) is 18.2 Å². The van der Waals surface area contributed by atoms with Crippen molar-refractivity contribution in [3.05, 3.63) is 28.3 Å². The van der Waals surface area contributed by atoms with Gasteiger partial charge in [-0.25, -0.2) is 0 Å². The predicted octanol–water partition coefficient (Wildman–Crippen LogP) is 1.38. The molecule has 0 aliphatic heterocycles. The van der Waals surface area contributed by atoms with Gasteiger partial charge in [0, 0.05) is 37.5 Å². The monoisotopic (exact) mass is 283 g/mol. The van der Waals surface area contributed by atoms with E-state index in [1.807, 2.05) is 0 Å². The highest BCUT2D eigenvalue weighted by molar-refractivity contribution is 5.58. The Kier molecular flexibility index (Phi) is 6.75. The summed E-state index contributed by atoms with van der Waals surface area (Å²) in [5.74, 6) is 0.263. The first-order valence-corrected chi connectivity index (χ1v) is 6.58. The molecule has 7 heteroatoms. The highest BCUT2D eigenvalue weighted by atomic mass is 16.6. The van der Waals surface area contributed by atoms with Crippen LogP contribution in [0.25, 0.3) is 0 Å². The van der Waals surface area contributed by atoms with Gasteiger partial charge >= 0.3 is 5.69 Å². The summed E-state index contributed by atoms with van der Waals surface area (Å²) in [6.07, 6.45) is -0.376. The van der Waals surface area contributed by atoms with Crippen molar-refractivity contribution in [2.75, 3.05) is 31.6 Å². The van der Waals surface area contributed by atoms with Gasteiger partial charge in [0.25, 0.3) is 0 Å². The highest BCUT2D eigenvalue weighted by Crippen LogP contribution is 2.29. The number of nitrogens with zero attached hydrogens (tertiary/aromatic N) is 1. The van der Waals surface area contributed by atoms with Crippen molar-refractivity contribution in [2.24, 2.45) is 0 Å². The number of hydrogen-bond donors (Lipinski definition) is 3. The lowest BCUT2D eigenvalue weighted by atomic mass is 10.2. The smallest absolute Gasteiger partial charge is 0.311 e. The third kappa shape index (κ3) is 5.41. The van der Waals surface area contributed by atoms with Crippen LogP contribution in [0.4, 0.5) is 11.4 Å². The summed E-state index contributed by atoms with van der Waals surface area (Å²) in [6, 6.07) is 4.70. The minimum atomic E-state index is -0.459. The molecule has 7 nitrogen and oxygen atoms in total. The number of anilines is 1. The lowest BCUT2D eigenvalue weighted by Gasteiger charge is -2.10. The molecule has 1 aromatic rings. The van der Waals surface area contributed by atoms with Gasteiger partial charge in [0.2, 0.25) is 0 Å². The minimum Gasteiger partial charge on any atom is -0.487 e. The van der Waals surface area contributed by atoms with Crippen molar-refractivity contribution in [1.82, 2.24) is 5.32 Å². The molecule has 0 saturated carbocycles. The average molecular weight is 283 g/mol. The number of ether oxygens (including phenoxy) is 1. The Morgan fingerprint density at radius 2 is 2.20 bits per heavy atom. The van der Waals surface area contributed by atoms with Crippen molar-refractivity contribution < 1.29 is 14.8 Å². The second-order valence-corrected chi connectivity index (χ2v) is 4.35. The molecule has 0 spiro atoms. The Morgan fingerprint density at radius 3 is 2.80 bits per heavy atom. The number of aliphatic hydroxyl groups is 1. The molecule has 0 heterocycles. The maximum atomic E-state index is 10.8. The fourth-order valence-corrected chi connectivity index (χ4v) is 1.65. The van der Waals surface area contributed by atoms with Gasteiger partial charge in [-0.3, -0.25) is 10.1 Å². The summed E-state index contributed by atoms with van der Waals surface area (Å²) in [6.45, 7) is 5.74. The van der Waals surface area contributed by atoms with E-state index in [0.717, 1.165) is 5.69 Å². The molecule has 0 aliphatic carbocycles. The summed E-state index contributed by atoms with van der Waals surface area (Å²) in [4.78, 5) is 10.4. The van der Waals surface area contributed by atoms with Crippen LogP contribution in [0.3, 0.4) is 0 Å². The highest BCUT2D eigenvalue weighted by Gasteiger charge is 2.14. The Balaban J connectivity index is 2.54. The lowest BCUT2D eigenvalue weighted by molar-refractivity contribution is -0.385. The first-order chi connectivity index (χ1) is 9.54. The predicted molar refractivity (Wildman–Crippen MR) is 77.3 cm³/mol. The van der Waals surface area contributed by atoms with Gasteiger partial charge < -0.3 is 20.5 Å². The molecular formula is C13H21N3O4. The molecule has 1 atom stereocenters. The number of nitro benzene ring substituents is 1. The zero-order chi connectivity index (χ0) is 15.0. The number of nitro groups is 1. The molecule has 3 N–H and O–H groups in total. The summed E-state index contributed by atoms with van der Waals surface area (Å²) in [5, 5.41) is 26.1. The Labute approximate surface area is 118 Å². The van der Waals surface area contributed by atoms with Crippen molar-refractivity contribution in [1.29, 1.82) is 0 Å². The van der Waals surface area contributed by atoms with E-state index in [-0.39, 0.29) is 17.5 Å². The number of aliphatic hydroxyl groups excluding tert-OH is 1. The molecule has 0 radical (unpaired) electrons. The van der Waals surface area contributed by atoms with E-state index < -0.39 is 4.92 Å². The van der Waals surface area contributed by atoms with Crippen molar-refractivity contribution in [2.45, 2.75) is 20.0 Å². The topological polar surface area (TPSA) is 96.7 Å². The molecule has 0 bridgehead atoms. The third-order valence-electron chi connectivity index (χ3n) is 2.53. The van der Waals surface area contributed by atoms with Crippen molar-refractivity contribution in [3.63, 3.8) is 0 Å². The molecule has 0 aliphatic rings. The summed E-state index contributed by atoms with van der Waals surface area (Å²) in [7, 11) is 0. The van der Waals surface area contributed by atoms with Gasteiger partial charge in [-0.15, -0.1) is 0 Å². The molecule has 0 amide bonds. The molecule has 1 unspecified atom stereocenters. The molecule has 112 valence electrons. The molecule has 1 aromatic carbocycles. The average Bonchev–Trinajstić information content (AvgIpc) is 2.38. The second-order valence-electron chi connectivity index (χ2n) is 4.35. The number of nitrogens with one attached hydrogen (secondary N) is 2. The molecule has 1 rings (SSSR count). The van der Waals surface area contributed by atoms with E-state index in [1.54, 1.807) is 26.0 Å². The van der Waals surface area contributed by atoms with Crippen LogP contribution >= 0.6 is 0 Å². The van der Waals surface area contributed by atoms with Gasteiger partial charge in [-0.2, -0.15) is 0 Å². The summed E-state index contributed by atoms with van der Waals surface area (Å²) < 4.78 is 5.27. The van der Waals surface area contributed by atoms with Gasteiger partial charge in [0.15, 0.2) is 5.75 Å². The van der Waals surface area contributed by atoms with Crippen LogP contribution in [0.2, 0.25) is 0 Å². The zero-order valence-electron chi connectivity index (χ0n) is 11.8. The van der Waals surface area contributed by atoms with E-state index in [0.29, 0.717) is 26.2 Å². The maximum Gasteiger partial charge on any atom is 0.311 e. The third-order valence-corrected chi connectivity index (χ3v) is 2.53. The summed E-state index contributed by atoms with van der Waals surface area (Å²) in [5.41, 5.74) is 0.725. The molecule has 0 fully saturated rings. The normalized spacial score (nSPS) is 11.9. The Hall–Kier alpha value is -1.86. The first-order valence-electron chi connectivity index (χ1n) is 6.58. The van der Waals surface area contributed by atoms with E-state index in [9.17, 15) is 10.1 Å². The summed E-state index contributed by atoms with van der Waals surface area (Å²) >= 11 is 0. The fraction of sp³-hybridized carbons (Fsp3) is 0.538. The van der Waals surface area contributed by atoms with Crippen LogP contribution in [-0.4, -0.2) is 42.4 Å². The SMILES string of the molecule is CCOc1cc(NCCNCC(C)O)ccc1[N+](=O)[O-]. The standard InChI is InChI=1S/C13H21N3O4/c1-3-20-13-8-11(4-5-12(13)16(18)19)15-7-6-14-9-10(2)17/h4-5,8,10,14-15,17H,3,6-7,9H2,1-2H3. The van der Waals surface area contributed by atoms with Gasteiger partial charge in [0.05, 0.1) is 17.6 Å². The van der Waals surface area contributed by atoms with Crippen molar-refractivity contribution in [3.8, 4) is 5.75 Å². The van der Waals surface area contributed by atoms with Crippen LogP contribution < -0.4 is 15.4 Å². The minimum absolute atomic E-state index is 0.0374. The zero-order valence-corrected chi connectivity index (χ0v) is 11.8. The second kappa shape index (κ2) is 8.34. The molecule has 0 saturated heterocycles. The van der Waals surface area contributed by atoms with Crippen LogP contribution in [-0.2, 0) is 0 Å². The molecule has 0 aromatic heterocycles. The van der Waals surface area contributed by atoms with E-state index in [1.165, 1.54) is 6.07 Å². The van der Waals surface area contributed by atoms with Gasteiger partial charge in [-0.05, 0) is 19.9 Å². The molecule has 20 heavy (non-hydrogen) atoms. The van der Waals surface area contributed by atoms with Gasteiger partial charge in [-0.1, -0.05) is 0 Å². The van der Waals surface area contributed by atoms with Crippen molar-refractivity contribution >= 4 is 11.4 Å².